The van der Waals surface area contributed by atoms with E-state index in [9.17, 15) is 9.90 Å². The molecule has 3 heterocycles. The lowest BCUT2D eigenvalue weighted by molar-refractivity contribution is 0.0688. The van der Waals surface area contributed by atoms with Gasteiger partial charge in [0, 0.05) is 30.7 Å². The SMILES string of the molecule is O=C(c1ncccc1O)N1CCCC(c2ncc(Cc3ccc(Cl)cc3)o2)C1. The van der Waals surface area contributed by atoms with Gasteiger partial charge in [-0.3, -0.25) is 4.79 Å². The highest BCUT2D eigenvalue weighted by Crippen LogP contribution is 2.29. The van der Waals surface area contributed by atoms with Gasteiger partial charge in [0.05, 0.1) is 12.1 Å². The molecule has 1 unspecified atom stereocenters. The molecular formula is C21H20ClN3O3. The number of halogens is 1. The number of amides is 1. The van der Waals surface area contributed by atoms with Crippen molar-refractivity contribution in [2.75, 3.05) is 13.1 Å². The number of likely N-dealkylation sites (tertiary alicyclic amines) is 1. The van der Waals surface area contributed by atoms with Gasteiger partial charge in [0.25, 0.3) is 5.91 Å². The quantitative estimate of drug-likeness (QED) is 0.718. The third-order valence-corrected chi connectivity index (χ3v) is 5.16. The largest absolute Gasteiger partial charge is 0.505 e. The van der Waals surface area contributed by atoms with Gasteiger partial charge in [0.15, 0.2) is 11.6 Å². The van der Waals surface area contributed by atoms with E-state index in [0.717, 1.165) is 24.2 Å². The van der Waals surface area contributed by atoms with Crippen molar-refractivity contribution in [1.82, 2.24) is 14.9 Å². The molecule has 144 valence electrons. The monoisotopic (exact) mass is 397 g/mol. The highest BCUT2D eigenvalue weighted by molar-refractivity contribution is 6.30. The van der Waals surface area contributed by atoms with Crippen LogP contribution in [0.15, 0.2) is 53.2 Å². The van der Waals surface area contributed by atoms with Crippen LogP contribution in [0.25, 0.3) is 0 Å². The first-order valence-electron chi connectivity index (χ1n) is 9.22. The Kier molecular flexibility index (Phi) is 5.30. The fourth-order valence-corrected chi connectivity index (χ4v) is 3.60. The summed E-state index contributed by atoms with van der Waals surface area (Å²) in [6.45, 7) is 1.12. The number of hydrogen-bond acceptors (Lipinski definition) is 5. The van der Waals surface area contributed by atoms with Crippen molar-refractivity contribution < 1.29 is 14.3 Å². The molecule has 0 aliphatic carbocycles. The molecule has 6 nitrogen and oxygen atoms in total. The van der Waals surface area contributed by atoms with E-state index in [4.69, 9.17) is 16.0 Å². The number of hydrogen-bond donors (Lipinski definition) is 1. The first-order valence-corrected chi connectivity index (χ1v) is 9.60. The average molecular weight is 398 g/mol. The third kappa shape index (κ3) is 4.02. The van der Waals surface area contributed by atoms with E-state index >= 15 is 0 Å². The minimum atomic E-state index is -0.268. The lowest BCUT2D eigenvalue weighted by atomic mass is 9.97. The van der Waals surface area contributed by atoms with Gasteiger partial charge in [-0.05, 0) is 42.7 Å². The maximum atomic E-state index is 12.7. The van der Waals surface area contributed by atoms with Gasteiger partial charge in [-0.15, -0.1) is 0 Å². The molecule has 1 aromatic carbocycles. The fourth-order valence-electron chi connectivity index (χ4n) is 3.47. The molecular weight excluding hydrogens is 378 g/mol. The van der Waals surface area contributed by atoms with E-state index in [1.54, 1.807) is 17.2 Å². The van der Waals surface area contributed by atoms with E-state index in [1.165, 1.54) is 12.3 Å². The van der Waals surface area contributed by atoms with Crippen molar-refractivity contribution >= 4 is 17.5 Å². The zero-order valence-electron chi connectivity index (χ0n) is 15.2. The summed E-state index contributed by atoms with van der Waals surface area (Å²) in [5, 5.41) is 10.6. The van der Waals surface area contributed by atoms with Gasteiger partial charge in [-0.25, -0.2) is 9.97 Å². The van der Waals surface area contributed by atoms with Gasteiger partial charge in [0.2, 0.25) is 0 Å². The summed E-state index contributed by atoms with van der Waals surface area (Å²) in [4.78, 5) is 22.9. The molecule has 1 fully saturated rings. The second-order valence-corrected chi connectivity index (χ2v) is 7.37. The Morgan fingerprint density at radius 1 is 1.25 bits per heavy atom. The zero-order valence-corrected chi connectivity index (χ0v) is 16.0. The van der Waals surface area contributed by atoms with Gasteiger partial charge in [0.1, 0.15) is 11.5 Å². The number of aromatic hydroxyl groups is 1. The second kappa shape index (κ2) is 8.02. The van der Waals surface area contributed by atoms with Crippen molar-refractivity contribution in [2.24, 2.45) is 0 Å². The highest BCUT2D eigenvalue weighted by atomic mass is 35.5. The number of nitrogens with zero attached hydrogens (tertiary/aromatic N) is 3. The van der Waals surface area contributed by atoms with E-state index in [-0.39, 0.29) is 23.3 Å². The average Bonchev–Trinajstić information content (AvgIpc) is 3.18. The van der Waals surface area contributed by atoms with Gasteiger partial charge < -0.3 is 14.4 Å². The van der Waals surface area contributed by atoms with E-state index in [1.807, 2.05) is 24.3 Å². The molecule has 0 spiro atoms. The Morgan fingerprint density at radius 2 is 2.07 bits per heavy atom. The predicted molar refractivity (Wildman–Crippen MR) is 105 cm³/mol. The Labute approximate surface area is 167 Å². The van der Waals surface area contributed by atoms with Gasteiger partial charge in [-0.1, -0.05) is 23.7 Å². The van der Waals surface area contributed by atoms with Crippen LogP contribution in [0.2, 0.25) is 5.02 Å². The number of aromatic nitrogens is 2. The predicted octanol–water partition coefficient (Wildman–Crippen LogP) is 4.04. The number of rotatable bonds is 4. The summed E-state index contributed by atoms with van der Waals surface area (Å²) in [7, 11) is 0. The number of benzene rings is 1. The number of carbonyl (C=O) groups excluding carboxylic acids is 1. The first-order chi connectivity index (χ1) is 13.6. The van der Waals surface area contributed by atoms with Gasteiger partial charge in [-0.2, -0.15) is 0 Å². The Morgan fingerprint density at radius 3 is 2.86 bits per heavy atom. The molecule has 1 saturated heterocycles. The van der Waals surface area contributed by atoms with Crippen LogP contribution in [-0.4, -0.2) is 39.0 Å². The molecule has 1 amide bonds. The number of piperidine rings is 1. The summed E-state index contributed by atoms with van der Waals surface area (Å²) >= 11 is 5.93. The fraction of sp³-hybridized carbons (Fsp3) is 0.286. The topological polar surface area (TPSA) is 79.5 Å². The molecule has 2 aromatic heterocycles. The smallest absolute Gasteiger partial charge is 0.276 e. The summed E-state index contributed by atoms with van der Waals surface area (Å²) in [5.41, 5.74) is 1.18. The minimum absolute atomic E-state index is 0.0301. The molecule has 1 aliphatic heterocycles. The molecule has 7 heteroatoms. The number of carbonyl (C=O) groups is 1. The van der Waals surface area contributed by atoms with Crippen molar-refractivity contribution in [2.45, 2.75) is 25.2 Å². The summed E-state index contributed by atoms with van der Waals surface area (Å²) in [6, 6.07) is 10.7. The van der Waals surface area contributed by atoms with E-state index in [0.29, 0.717) is 30.4 Å². The molecule has 0 radical (unpaired) electrons. The van der Waals surface area contributed by atoms with E-state index in [2.05, 4.69) is 9.97 Å². The molecule has 1 N–H and O–H groups in total. The number of oxazole rings is 1. The lowest BCUT2D eigenvalue weighted by Crippen LogP contribution is -2.39. The van der Waals surface area contributed by atoms with Crippen LogP contribution in [0.4, 0.5) is 0 Å². The van der Waals surface area contributed by atoms with Crippen LogP contribution in [-0.2, 0) is 6.42 Å². The Balaban J connectivity index is 1.45. The third-order valence-electron chi connectivity index (χ3n) is 4.91. The maximum Gasteiger partial charge on any atom is 0.276 e. The molecule has 4 rings (SSSR count). The lowest BCUT2D eigenvalue weighted by Gasteiger charge is -2.31. The van der Waals surface area contributed by atoms with Crippen LogP contribution in [0, 0.1) is 0 Å². The van der Waals surface area contributed by atoms with Crippen molar-refractivity contribution in [3.8, 4) is 5.75 Å². The van der Waals surface area contributed by atoms with Crippen LogP contribution in [0.5, 0.6) is 5.75 Å². The first kappa shape index (κ1) is 18.5. The number of pyridine rings is 1. The minimum Gasteiger partial charge on any atom is -0.505 e. The molecule has 28 heavy (non-hydrogen) atoms. The maximum absolute atomic E-state index is 12.7. The standard InChI is InChI=1S/C21H20ClN3O3/c22-16-7-5-14(6-8-16)11-17-12-24-20(28-17)15-3-2-10-25(13-15)21(27)19-18(26)4-1-9-23-19/h1,4-9,12,15,26H,2-3,10-11,13H2. The van der Waals surface area contributed by atoms with Gasteiger partial charge >= 0.3 is 0 Å². The highest BCUT2D eigenvalue weighted by Gasteiger charge is 2.30. The zero-order chi connectivity index (χ0) is 19.5. The van der Waals surface area contributed by atoms with Crippen LogP contribution in [0.3, 0.4) is 0 Å². The second-order valence-electron chi connectivity index (χ2n) is 6.93. The van der Waals surface area contributed by atoms with Crippen LogP contribution >= 0.6 is 11.6 Å². The molecule has 3 aromatic rings. The van der Waals surface area contributed by atoms with Crippen molar-refractivity contribution in [3.05, 3.63) is 76.7 Å². The molecule has 0 bridgehead atoms. The Hall–Kier alpha value is -2.86. The van der Waals surface area contributed by atoms with Crippen LogP contribution < -0.4 is 0 Å². The van der Waals surface area contributed by atoms with Crippen molar-refractivity contribution in [3.63, 3.8) is 0 Å². The Bertz CT molecular complexity index is 971. The van der Waals surface area contributed by atoms with Crippen molar-refractivity contribution in [1.29, 1.82) is 0 Å². The van der Waals surface area contributed by atoms with Crippen LogP contribution in [0.1, 0.15) is 46.5 Å². The summed E-state index contributed by atoms with van der Waals surface area (Å²) in [6.07, 6.45) is 5.64. The normalized spacial score (nSPS) is 16.9. The molecule has 0 saturated carbocycles. The van der Waals surface area contributed by atoms with E-state index < -0.39 is 0 Å². The summed E-state index contributed by atoms with van der Waals surface area (Å²) in [5.74, 6) is 1.09. The summed E-state index contributed by atoms with van der Waals surface area (Å²) < 4.78 is 5.97. The molecule has 1 atom stereocenters. The molecule has 1 aliphatic rings.